The topological polar surface area (TPSA) is 50.8 Å². The predicted molar refractivity (Wildman–Crippen MR) is 93.2 cm³/mol. The number of nitrogens with zero attached hydrogens (tertiary/aromatic N) is 1. The maximum Gasteiger partial charge on any atom is 0.410 e. The van der Waals surface area contributed by atoms with Crippen molar-refractivity contribution in [3.63, 3.8) is 0 Å². The molecule has 0 bridgehead atoms. The van der Waals surface area contributed by atoms with Gasteiger partial charge >= 0.3 is 6.09 Å². The van der Waals surface area contributed by atoms with Crippen LogP contribution in [0, 0.1) is 0 Å². The molecule has 0 saturated heterocycles. The molecule has 130 valence electrons. The molecule has 0 aliphatic heterocycles. The van der Waals surface area contributed by atoms with Gasteiger partial charge in [-0.3, -0.25) is 0 Å². The minimum absolute atomic E-state index is 0.283. The number of hydrogen-bond acceptors (Lipinski definition) is 4. The van der Waals surface area contributed by atoms with E-state index in [1.54, 1.807) is 12.0 Å². The van der Waals surface area contributed by atoms with Crippen LogP contribution in [0.1, 0.15) is 33.3 Å². The molecule has 0 aliphatic carbocycles. The highest BCUT2D eigenvalue weighted by atomic mass is 35.5. The molecule has 23 heavy (non-hydrogen) atoms. The molecule has 5 nitrogen and oxygen atoms in total. The predicted octanol–water partition coefficient (Wildman–Crippen LogP) is 3.70. The van der Waals surface area contributed by atoms with Gasteiger partial charge in [0.05, 0.1) is 12.1 Å². The lowest BCUT2D eigenvalue weighted by Crippen LogP contribution is -2.40. The molecule has 0 unspecified atom stereocenters. The lowest BCUT2D eigenvalue weighted by atomic mass is 10.2. The van der Waals surface area contributed by atoms with Crippen molar-refractivity contribution in [1.29, 1.82) is 0 Å². The number of benzene rings is 1. The zero-order chi connectivity index (χ0) is 17.5. The van der Waals surface area contributed by atoms with E-state index in [2.05, 4.69) is 5.32 Å². The number of methoxy groups -OCH3 is 1. The standard InChI is InChI=1S/C17H27ClN2O3/c1-6-20(16(21)23-17(2,3)4)10-9-19-12-13-7-8-15(22-5)14(18)11-13/h7-8,11,19H,6,9-10,12H2,1-5H3. The van der Waals surface area contributed by atoms with Crippen molar-refractivity contribution in [2.75, 3.05) is 26.7 Å². The number of halogens is 1. The highest BCUT2D eigenvalue weighted by molar-refractivity contribution is 6.32. The molecule has 0 saturated carbocycles. The van der Waals surface area contributed by atoms with Crippen LogP contribution in [-0.4, -0.2) is 43.3 Å². The summed E-state index contributed by atoms with van der Waals surface area (Å²) in [4.78, 5) is 13.7. The minimum Gasteiger partial charge on any atom is -0.495 e. The van der Waals surface area contributed by atoms with Crippen molar-refractivity contribution in [3.8, 4) is 5.75 Å². The van der Waals surface area contributed by atoms with Crippen LogP contribution >= 0.6 is 11.6 Å². The lowest BCUT2D eigenvalue weighted by Gasteiger charge is -2.26. The number of hydrogen-bond donors (Lipinski definition) is 1. The Morgan fingerprint density at radius 3 is 2.57 bits per heavy atom. The van der Waals surface area contributed by atoms with Crippen LogP contribution < -0.4 is 10.1 Å². The fraction of sp³-hybridized carbons (Fsp3) is 0.588. The first kappa shape index (κ1) is 19.6. The SMILES string of the molecule is CCN(CCNCc1ccc(OC)c(Cl)c1)C(=O)OC(C)(C)C. The Balaban J connectivity index is 2.40. The summed E-state index contributed by atoms with van der Waals surface area (Å²) in [6.07, 6.45) is -0.283. The second kappa shape index (κ2) is 8.99. The van der Waals surface area contributed by atoms with Crippen LogP contribution in [0.15, 0.2) is 18.2 Å². The summed E-state index contributed by atoms with van der Waals surface area (Å²) < 4.78 is 10.5. The summed E-state index contributed by atoms with van der Waals surface area (Å²) in [6, 6.07) is 5.68. The van der Waals surface area contributed by atoms with E-state index >= 15 is 0 Å². The van der Waals surface area contributed by atoms with Gasteiger partial charge < -0.3 is 19.7 Å². The summed E-state index contributed by atoms with van der Waals surface area (Å²) >= 11 is 6.10. The third kappa shape index (κ3) is 7.10. The van der Waals surface area contributed by atoms with Gasteiger partial charge in [-0.25, -0.2) is 4.79 Å². The van der Waals surface area contributed by atoms with Gasteiger partial charge in [-0.1, -0.05) is 17.7 Å². The zero-order valence-electron chi connectivity index (χ0n) is 14.6. The monoisotopic (exact) mass is 342 g/mol. The number of carbonyl (C=O) groups is 1. The van der Waals surface area contributed by atoms with Gasteiger partial charge in [0, 0.05) is 26.2 Å². The molecular formula is C17H27ClN2O3. The molecule has 6 heteroatoms. The minimum atomic E-state index is -0.474. The van der Waals surface area contributed by atoms with E-state index in [1.807, 2.05) is 45.9 Å². The number of ether oxygens (including phenoxy) is 2. The quantitative estimate of drug-likeness (QED) is 0.768. The van der Waals surface area contributed by atoms with Crippen molar-refractivity contribution in [2.45, 2.75) is 39.8 Å². The van der Waals surface area contributed by atoms with Gasteiger partial charge in [0.25, 0.3) is 0 Å². The molecule has 0 heterocycles. The lowest BCUT2D eigenvalue weighted by molar-refractivity contribution is 0.0262. The van der Waals surface area contributed by atoms with E-state index in [9.17, 15) is 4.79 Å². The molecule has 0 fully saturated rings. The summed E-state index contributed by atoms with van der Waals surface area (Å²) in [5.74, 6) is 0.664. The fourth-order valence-electron chi connectivity index (χ4n) is 1.97. The Hall–Kier alpha value is -1.46. The van der Waals surface area contributed by atoms with Gasteiger partial charge in [-0.2, -0.15) is 0 Å². The fourth-order valence-corrected chi connectivity index (χ4v) is 2.25. The summed E-state index contributed by atoms with van der Waals surface area (Å²) in [6.45, 7) is 10.1. The molecular weight excluding hydrogens is 316 g/mol. The van der Waals surface area contributed by atoms with Crippen LogP contribution in [0.4, 0.5) is 4.79 Å². The summed E-state index contributed by atoms with van der Waals surface area (Å²) in [5.41, 5.74) is 0.591. The zero-order valence-corrected chi connectivity index (χ0v) is 15.4. The summed E-state index contributed by atoms with van der Waals surface area (Å²) in [7, 11) is 1.59. The van der Waals surface area contributed by atoms with Gasteiger partial charge in [-0.15, -0.1) is 0 Å². The molecule has 1 rings (SSSR count). The van der Waals surface area contributed by atoms with E-state index in [0.29, 0.717) is 37.0 Å². The van der Waals surface area contributed by atoms with Crippen LogP contribution in [0.5, 0.6) is 5.75 Å². The van der Waals surface area contributed by atoms with Gasteiger partial charge in [0.15, 0.2) is 0 Å². The molecule has 1 amide bonds. The second-order valence-electron chi connectivity index (χ2n) is 6.21. The summed E-state index contributed by atoms with van der Waals surface area (Å²) in [5, 5.41) is 3.89. The average Bonchev–Trinajstić information content (AvgIpc) is 2.45. The first-order chi connectivity index (χ1) is 10.8. The molecule has 0 radical (unpaired) electrons. The number of amides is 1. The molecule has 0 aliphatic rings. The van der Waals surface area contributed by atoms with E-state index in [0.717, 1.165) is 5.56 Å². The van der Waals surface area contributed by atoms with Crippen molar-refractivity contribution >= 4 is 17.7 Å². The molecule has 1 aromatic carbocycles. The van der Waals surface area contributed by atoms with Crippen LogP contribution in [0.3, 0.4) is 0 Å². The van der Waals surface area contributed by atoms with Crippen LogP contribution in [-0.2, 0) is 11.3 Å². The first-order valence-corrected chi connectivity index (χ1v) is 8.15. The number of nitrogens with one attached hydrogen (secondary N) is 1. The van der Waals surface area contributed by atoms with Crippen molar-refractivity contribution < 1.29 is 14.3 Å². The van der Waals surface area contributed by atoms with Gasteiger partial charge in [-0.05, 0) is 45.4 Å². The van der Waals surface area contributed by atoms with E-state index in [4.69, 9.17) is 21.1 Å². The molecule has 1 aromatic rings. The Bertz CT molecular complexity index is 515. The Morgan fingerprint density at radius 2 is 2.04 bits per heavy atom. The third-order valence-electron chi connectivity index (χ3n) is 3.14. The van der Waals surface area contributed by atoms with Crippen molar-refractivity contribution in [2.24, 2.45) is 0 Å². The molecule has 1 N–H and O–H groups in total. The highest BCUT2D eigenvalue weighted by Gasteiger charge is 2.20. The van der Waals surface area contributed by atoms with Gasteiger partial charge in [0.2, 0.25) is 0 Å². The Morgan fingerprint density at radius 1 is 1.35 bits per heavy atom. The highest BCUT2D eigenvalue weighted by Crippen LogP contribution is 2.24. The van der Waals surface area contributed by atoms with Gasteiger partial charge in [0.1, 0.15) is 11.4 Å². The number of carbonyl (C=O) groups excluding carboxylic acids is 1. The number of rotatable bonds is 7. The smallest absolute Gasteiger partial charge is 0.410 e. The maximum atomic E-state index is 12.0. The number of likely N-dealkylation sites (N-methyl/N-ethyl adjacent to an activating group) is 1. The third-order valence-corrected chi connectivity index (χ3v) is 3.43. The van der Waals surface area contributed by atoms with Crippen LogP contribution in [0.25, 0.3) is 0 Å². The Labute approximate surface area is 143 Å². The molecule has 0 aromatic heterocycles. The Kier molecular flexibility index (Phi) is 7.65. The van der Waals surface area contributed by atoms with E-state index < -0.39 is 5.60 Å². The largest absolute Gasteiger partial charge is 0.495 e. The van der Waals surface area contributed by atoms with E-state index in [1.165, 1.54) is 0 Å². The molecule has 0 spiro atoms. The normalized spacial score (nSPS) is 11.2. The molecule has 0 atom stereocenters. The maximum absolute atomic E-state index is 12.0. The second-order valence-corrected chi connectivity index (χ2v) is 6.61. The van der Waals surface area contributed by atoms with Crippen molar-refractivity contribution in [3.05, 3.63) is 28.8 Å². The van der Waals surface area contributed by atoms with E-state index in [-0.39, 0.29) is 6.09 Å². The van der Waals surface area contributed by atoms with Crippen LogP contribution in [0.2, 0.25) is 5.02 Å². The van der Waals surface area contributed by atoms with Crippen molar-refractivity contribution in [1.82, 2.24) is 10.2 Å². The average molecular weight is 343 g/mol. The first-order valence-electron chi connectivity index (χ1n) is 7.78.